The van der Waals surface area contributed by atoms with Gasteiger partial charge in [-0.05, 0) is 18.1 Å². The van der Waals surface area contributed by atoms with Crippen LogP contribution in [0.1, 0.15) is 12.5 Å². The predicted molar refractivity (Wildman–Crippen MR) is 73.8 cm³/mol. The molecule has 2 heterocycles. The number of aromatic nitrogens is 3. The molecule has 0 unspecified atom stereocenters. The van der Waals surface area contributed by atoms with Gasteiger partial charge in [0.25, 0.3) is 0 Å². The minimum absolute atomic E-state index is 0.600. The predicted octanol–water partition coefficient (Wildman–Crippen LogP) is 2.78. The third-order valence-corrected chi connectivity index (χ3v) is 3.08. The molecule has 0 spiro atoms. The van der Waals surface area contributed by atoms with E-state index in [9.17, 15) is 0 Å². The number of anilines is 1. The minimum Gasteiger partial charge on any atom is -0.357 e. The number of fused-ring (bicyclic) bond motifs is 2. The van der Waals surface area contributed by atoms with Crippen LogP contribution in [0.5, 0.6) is 0 Å². The van der Waals surface area contributed by atoms with Crippen molar-refractivity contribution in [1.29, 1.82) is 0 Å². The van der Waals surface area contributed by atoms with E-state index >= 15 is 0 Å². The molecule has 4 heteroatoms. The van der Waals surface area contributed by atoms with Crippen molar-refractivity contribution in [3.63, 3.8) is 0 Å². The summed E-state index contributed by atoms with van der Waals surface area (Å²) >= 11 is 0. The second kappa shape index (κ2) is 4.22. The van der Waals surface area contributed by atoms with Gasteiger partial charge in [0.05, 0.1) is 5.52 Å². The van der Waals surface area contributed by atoms with Crippen LogP contribution in [0.3, 0.4) is 0 Å². The van der Waals surface area contributed by atoms with Crippen LogP contribution in [-0.4, -0.2) is 22.0 Å². The van der Waals surface area contributed by atoms with Crippen LogP contribution >= 0.6 is 0 Å². The van der Waals surface area contributed by atoms with E-state index in [1.54, 1.807) is 13.2 Å². The van der Waals surface area contributed by atoms with Gasteiger partial charge in [-0.15, -0.1) is 0 Å². The first-order valence-electron chi connectivity index (χ1n) is 6.05. The van der Waals surface area contributed by atoms with Crippen LogP contribution in [0, 0.1) is 0 Å². The van der Waals surface area contributed by atoms with Crippen molar-refractivity contribution in [1.82, 2.24) is 15.0 Å². The van der Waals surface area contributed by atoms with Crippen LogP contribution in [0.15, 0.2) is 30.5 Å². The molecule has 0 aliphatic rings. The van der Waals surface area contributed by atoms with Crippen molar-refractivity contribution in [2.24, 2.45) is 0 Å². The lowest BCUT2D eigenvalue weighted by atomic mass is 10.1. The highest BCUT2D eigenvalue weighted by Gasteiger charge is 2.05. The molecule has 0 aliphatic carbocycles. The lowest BCUT2D eigenvalue weighted by Gasteiger charge is -2.06. The summed E-state index contributed by atoms with van der Waals surface area (Å²) in [6.45, 7) is 2.14. The van der Waals surface area contributed by atoms with E-state index in [0.717, 1.165) is 28.4 Å². The standard InChI is InChI=1S/C14H14N4/c1-3-9-5-4-6-10-7-11-8-16-14(15-2)18-13(11)17-12(9)10/h4-8H,3H2,1-2H3,(H,15,16,17,18). The maximum atomic E-state index is 4.67. The van der Waals surface area contributed by atoms with Crippen LogP contribution < -0.4 is 5.32 Å². The Hall–Kier alpha value is -2.23. The molecule has 0 amide bonds. The first-order valence-corrected chi connectivity index (χ1v) is 6.05. The van der Waals surface area contributed by atoms with Gasteiger partial charge in [0, 0.05) is 24.0 Å². The van der Waals surface area contributed by atoms with Gasteiger partial charge in [0.15, 0.2) is 5.65 Å². The molecule has 0 aliphatic heterocycles. The van der Waals surface area contributed by atoms with Gasteiger partial charge in [-0.2, -0.15) is 4.98 Å². The van der Waals surface area contributed by atoms with Gasteiger partial charge < -0.3 is 5.32 Å². The normalized spacial score (nSPS) is 11.0. The number of aryl methyl sites for hydroxylation is 1. The van der Waals surface area contributed by atoms with Crippen molar-refractivity contribution in [3.05, 3.63) is 36.0 Å². The molecule has 90 valence electrons. The van der Waals surface area contributed by atoms with Crippen LogP contribution in [0.2, 0.25) is 0 Å². The molecular weight excluding hydrogens is 224 g/mol. The quantitative estimate of drug-likeness (QED) is 0.697. The number of hydrogen-bond donors (Lipinski definition) is 1. The Bertz CT molecular complexity index is 721. The Kier molecular flexibility index (Phi) is 2.55. The smallest absolute Gasteiger partial charge is 0.224 e. The number of hydrogen-bond acceptors (Lipinski definition) is 4. The summed E-state index contributed by atoms with van der Waals surface area (Å²) in [6, 6.07) is 8.35. The largest absolute Gasteiger partial charge is 0.357 e. The molecule has 0 fully saturated rings. The summed E-state index contributed by atoms with van der Waals surface area (Å²) in [5.41, 5.74) is 3.02. The summed E-state index contributed by atoms with van der Waals surface area (Å²) in [5.74, 6) is 0.600. The Morgan fingerprint density at radius 1 is 1.17 bits per heavy atom. The van der Waals surface area contributed by atoms with Crippen molar-refractivity contribution < 1.29 is 0 Å². The van der Waals surface area contributed by atoms with E-state index in [1.807, 2.05) is 0 Å². The summed E-state index contributed by atoms with van der Waals surface area (Å²) in [7, 11) is 1.81. The van der Waals surface area contributed by atoms with Crippen LogP contribution in [0.4, 0.5) is 5.95 Å². The molecule has 0 bridgehead atoms. The topological polar surface area (TPSA) is 50.7 Å². The molecule has 2 aromatic heterocycles. The Labute approximate surface area is 105 Å². The van der Waals surface area contributed by atoms with Gasteiger partial charge >= 0.3 is 0 Å². The highest BCUT2D eigenvalue weighted by atomic mass is 15.1. The molecule has 18 heavy (non-hydrogen) atoms. The third kappa shape index (κ3) is 1.66. The van der Waals surface area contributed by atoms with E-state index in [1.165, 1.54) is 5.56 Å². The van der Waals surface area contributed by atoms with Gasteiger partial charge in [-0.3, -0.25) is 0 Å². The van der Waals surface area contributed by atoms with Gasteiger partial charge in [0.1, 0.15) is 0 Å². The number of nitrogens with zero attached hydrogens (tertiary/aromatic N) is 3. The number of nitrogens with one attached hydrogen (secondary N) is 1. The molecule has 3 rings (SSSR count). The summed E-state index contributed by atoms with van der Waals surface area (Å²) in [5, 5.41) is 5.04. The number of para-hydroxylation sites is 1. The molecule has 0 saturated carbocycles. The Morgan fingerprint density at radius 2 is 2.06 bits per heavy atom. The molecular formula is C14H14N4. The minimum atomic E-state index is 0.600. The van der Waals surface area contributed by atoms with Crippen LogP contribution in [0.25, 0.3) is 21.9 Å². The summed E-state index contributed by atoms with van der Waals surface area (Å²) < 4.78 is 0. The molecule has 4 nitrogen and oxygen atoms in total. The molecule has 0 radical (unpaired) electrons. The van der Waals surface area contributed by atoms with Crippen molar-refractivity contribution >= 4 is 27.9 Å². The number of rotatable bonds is 2. The lowest BCUT2D eigenvalue weighted by Crippen LogP contribution is -1.97. The highest BCUT2D eigenvalue weighted by Crippen LogP contribution is 2.21. The fraction of sp³-hybridized carbons (Fsp3) is 0.214. The van der Waals surface area contributed by atoms with E-state index < -0.39 is 0 Å². The number of benzene rings is 1. The average molecular weight is 238 g/mol. The average Bonchev–Trinajstić information content (AvgIpc) is 2.43. The molecule has 1 N–H and O–H groups in total. The third-order valence-electron chi connectivity index (χ3n) is 3.08. The zero-order valence-corrected chi connectivity index (χ0v) is 10.4. The van der Waals surface area contributed by atoms with Crippen LogP contribution in [-0.2, 0) is 6.42 Å². The van der Waals surface area contributed by atoms with E-state index in [4.69, 9.17) is 0 Å². The second-order valence-corrected chi connectivity index (χ2v) is 4.19. The monoisotopic (exact) mass is 238 g/mol. The molecule has 0 atom stereocenters. The fourth-order valence-corrected chi connectivity index (χ4v) is 2.12. The van der Waals surface area contributed by atoms with E-state index in [-0.39, 0.29) is 0 Å². The summed E-state index contributed by atoms with van der Waals surface area (Å²) in [6.07, 6.45) is 2.78. The van der Waals surface area contributed by atoms with Gasteiger partial charge in [0.2, 0.25) is 5.95 Å². The zero-order valence-electron chi connectivity index (χ0n) is 10.4. The van der Waals surface area contributed by atoms with Crippen molar-refractivity contribution in [3.8, 4) is 0 Å². The van der Waals surface area contributed by atoms with Crippen molar-refractivity contribution in [2.75, 3.05) is 12.4 Å². The van der Waals surface area contributed by atoms with E-state index in [0.29, 0.717) is 5.95 Å². The Balaban J connectivity index is 2.36. The molecule has 3 aromatic rings. The fourth-order valence-electron chi connectivity index (χ4n) is 2.12. The highest BCUT2D eigenvalue weighted by molar-refractivity contribution is 5.92. The SMILES string of the molecule is CCc1cccc2cc3cnc(NC)nc3nc12. The second-order valence-electron chi connectivity index (χ2n) is 4.19. The molecule has 1 aromatic carbocycles. The first kappa shape index (κ1) is 10.9. The maximum Gasteiger partial charge on any atom is 0.224 e. The summed E-state index contributed by atoms with van der Waals surface area (Å²) in [4.78, 5) is 13.3. The number of pyridine rings is 1. The maximum absolute atomic E-state index is 4.67. The molecule has 0 saturated heterocycles. The lowest BCUT2D eigenvalue weighted by molar-refractivity contribution is 1.14. The Morgan fingerprint density at radius 3 is 2.83 bits per heavy atom. The van der Waals surface area contributed by atoms with Gasteiger partial charge in [-0.25, -0.2) is 9.97 Å². The zero-order chi connectivity index (χ0) is 12.5. The first-order chi connectivity index (χ1) is 8.81. The van der Waals surface area contributed by atoms with Gasteiger partial charge in [-0.1, -0.05) is 25.1 Å². The van der Waals surface area contributed by atoms with Crippen molar-refractivity contribution in [2.45, 2.75) is 13.3 Å². The van der Waals surface area contributed by atoms with E-state index in [2.05, 4.69) is 51.5 Å².